The number of hydrogen-bond acceptors (Lipinski definition) is 1. The van der Waals surface area contributed by atoms with E-state index in [0.29, 0.717) is 0 Å². The van der Waals surface area contributed by atoms with Crippen molar-refractivity contribution in [2.24, 2.45) is 5.92 Å². The molecule has 3 rings (SSSR count). The minimum absolute atomic E-state index is 0.120. The predicted octanol–water partition coefficient (Wildman–Crippen LogP) is 3.17. The molecular weight excluding hydrogens is 227 g/mol. The molecule has 2 nitrogen and oxygen atoms in total. The summed E-state index contributed by atoms with van der Waals surface area (Å²) in [6, 6.07) is 7.19. The van der Waals surface area contributed by atoms with Gasteiger partial charge in [-0.15, -0.1) is 0 Å². The molecule has 18 heavy (non-hydrogen) atoms. The minimum Gasteiger partial charge on any atom is -0.347 e. The number of aromatic nitrogens is 1. The summed E-state index contributed by atoms with van der Waals surface area (Å²) >= 11 is 0. The fourth-order valence-electron chi connectivity index (χ4n) is 2.87. The molecule has 1 N–H and O–H groups in total. The molecule has 2 heterocycles. The van der Waals surface area contributed by atoms with E-state index in [9.17, 15) is 4.39 Å². The van der Waals surface area contributed by atoms with Crippen LogP contribution in [0.2, 0.25) is 0 Å². The van der Waals surface area contributed by atoms with Crippen molar-refractivity contribution in [2.45, 2.75) is 25.8 Å². The third-order valence-electron chi connectivity index (χ3n) is 3.94. The lowest BCUT2D eigenvalue weighted by Crippen LogP contribution is -2.30. The van der Waals surface area contributed by atoms with Gasteiger partial charge < -0.3 is 9.88 Å². The lowest BCUT2D eigenvalue weighted by atomic mass is 9.96. The standard InChI is InChI=1S/C15H19FN2/c16-14-4-1-5-15-13(14)7-10-18(15)9-6-12-3-2-8-17-11-12/h1,4-5,7,10,12,17H,2-3,6,8-9,11H2. The van der Waals surface area contributed by atoms with Gasteiger partial charge in [-0.2, -0.15) is 0 Å². The van der Waals surface area contributed by atoms with Crippen LogP contribution in [0.5, 0.6) is 0 Å². The fourth-order valence-corrected chi connectivity index (χ4v) is 2.87. The quantitative estimate of drug-likeness (QED) is 0.880. The lowest BCUT2D eigenvalue weighted by molar-refractivity contribution is 0.343. The van der Waals surface area contributed by atoms with Crippen molar-refractivity contribution in [2.75, 3.05) is 13.1 Å². The van der Waals surface area contributed by atoms with E-state index < -0.39 is 0 Å². The van der Waals surface area contributed by atoms with Crippen LogP contribution in [-0.2, 0) is 6.54 Å². The van der Waals surface area contributed by atoms with Gasteiger partial charge >= 0.3 is 0 Å². The predicted molar refractivity (Wildman–Crippen MR) is 72.1 cm³/mol. The molecule has 1 aliphatic heterocycles. The van der Waals surface area contributed by atoms with Crippen LogP contribution < -0.4 is 5.32 Å². The Morgan fingerprint density at radius 3 is 3.11 bits per heavy atom. The Labute approximate surface area is 107 Å². The zero-order valence-electron chi connectivity index (χ0n) is 10.5. The smallest absolute Gasteiger partial charge is 0.132 e. The normalized spacial score (nSPS) is 20.4. The van der Waals surface area contributed by atoms with Crippen molar-refractivity contribution in [1.29, 1.82) is 0 Å². The monoisotopic (exact) mass is 246 g/mol. The second kappa shape index (κ2) is 5.11. The van der Waals surface area contributed by atoms with E-state index >= 15 is 0 Å². The largest absolute Gasteiger partial charge is 0.347 e. The zero-order valence-corrected chi connectivity index (χ0v) is 10.5. The zero-order chi connectivity index (χ0) is 12.4. The number of piperidine rings is 1. The highest BCUT2D eigenvalue weighted by Gasteiger charge is 2.13. The number of rotatable bonds is 3. The highest BCUT2D eigenvalue weighted by Crippen LogP contribution is 2.21. The molecule has 96 valence electrons. The van der Waals surface area contributed by atoms with Crippen LogP contribution in [0.25, 0.3) is 10.9 Å². The van der Waals surface area contributed by atoms with Crippen LogP contribution in [0.4, 0.5) is 4.39 Å². The van der Waals surface area contributed by atoms with Crippen molar-refractivity contribution in [3.8, 4) is 0 Å². The first-order valence-electron chi connectivity index (χ1n) is 6.78. The molecule has 2 aromatic rings. The summed E-state index contributed by atoms with van der Waals surface area (Å²) in [6.45, 7) is 3.28. The summed E-state index contributed by atoms with van der Waals surface area (Å²) in [4.78, 5) is 0. The molecule has 1 aliphatic rings. The van der Waals surface area contributed by atoms with Crippen LogP contribution in [0, 0.1) is 11.7 Å². The Balaban J connectivity index is 1.72. The topological polar surface area (TPSA) is 17.0 Å². The summed E-state index contributed by atoms with van der Waals surface area (Å²) in [7, 11) is 0. The number of benzene rings is 1. The molecule has 0 bridgehead atoms. The lowest BCUT2D eigenvalue weighted by Gasteiger charge is -2.22. The third kappa shape index (κ3) is 2.27. The Morgan fingerprint density at radius 2 is 2.28 bits per heavy atom. The molecular formula is C15H19FN2. The fraction of sp³-hybridized carbons (Fsp3) is 0.467. The van der Waals surface area contributed by atoms with Crippen LogP contribution in [0.1, 0.15) is 19.3 Å². The van der Waals surface area contributed by atoms with Crippen molar-refractivity contribution in [3.05, 3.63) is 36.3 Å². The molecule has 0 aliphatic carbocycles. The molecule has 0 saturated carbocycles. The van der Waals surface area contributed by atoms with Crippen LogP contribution >= 0.6 is 0 Å². The SMILES string of the molecule is Fc1cccc2c1ccn2CCC1CCCNC1. The van der Waals surface area contributed by atoms with Gasteiger partial charge in [0.05, 0.1) is 5.52 Å². The Morgan fingerprint density at radius 1 is 1.33 bits per heavy atom. The van der Waals surface area contributed by atoms with E-state index in [1.807, 2.05) is 18.3 Å². The van der Waals surface area contributed by atoms with E-state index in [0.717, 1.165) is 36.5 Å². The number of halogens is 1. The van der Waals surface area contributed by atoms with E-state index in [1.165, 1.54) is 25.3 Å². The van der Waals surface area contributed by atoms with Gasteiger partial charge in [-0.25, -0.2) is 4.39 Å². The average molecular weight is 246 g/mol. The first-order valence-corrected chi connectivity index (χ1v) is 6.78. The number of nitrogens with one attached hydrogen (secondary N) is 1. The molecule has 1 aromatic carbocycles. The summed E-state index contributed by atoms with van der Waals surface area (Å²) in [5.74, 6) is 0.648. The van der Waals surface area contributed by atoms with Gasteiger partial charge in [0.2, 0.25) is 0 Å². The second-order valence-electron chi connectivity index (χ2n) is 5.18. The molecule has 0 radical (unpaired) electrons. The van der Waals surface area contributed by atoms with Gasteiger partial charge in [0.1, 0.15) is 5.82 Å². The number of aryl methyl sites for hydroxylation is 1. The molecule has 1 atom stereocenters. The Bertz CT molecular complexity index is 526. The van der Waals surface area contributed by atoms with E-state index in [-0.39, 0.29) is 5.82 Å². The van der Waals surface area contributed by atoms with Gasteiger partial charge in [0.25, 0.3) is 0 Å². The van der Waals surface area contributed by atoms with Crippen LogP contribution in [0.15, 0.2) is 30.5 Å². The highest BCUT2D eigenvalue weighted by molar-refractivity contribution is 5.80. The molecule has 1 saturated heterocycles. The van der Waals surface area contributed by atoms with Crippen molar-refractivity contribution in [1.82, 2.24) is 9.88 Å². The number of fused-ring (bicyclic) bond motifs is 1. The van der Waals surface area contributed by atoms with Crippen molar-refractivity contribution in [3.63, 3.8) is 0 Å². The molecule has 1 fully saturated rings. The average Bonchev–Trinajstić information content (AvgIpc) is 2.82. The van der Waals surface area contributed by atoms with E-state index in [4.69, 9.17) is 0 Å². The Kier molecular flexibility index (Phi) is 3.33. The van der Waals surface area contributed by atoms with Crippen molar-refractivity contribution >= 4 is 10.9 Å². The van der Waals surface area contributed by atoms with E-state index in [1.54, 1.807) is 6.07 Å². The first-order chi connectivity index (χ1) is 8.84. The molecule has 1 aromatic heterocycles. The highest BCUT2D eigenvalue weighted by atomic mass is 19.1. The number of nitrogens with zero attached hydrogens (tertiary/aromatic N) is 1. The maximum Gasteiger partial charge on any atom is 0.132 e. The Hall–Kier alpha value is -1.35. The van der Waals surface area contributed by atoms with Gasteiger partial charge in [-0.3, -0.25) is 0 Å². The van der Waals surface area contributed by atoms with Crippen LogP contribution in [-0.4, -0.2) is 17.7 Å². The summed E-state index contributed by atoms with van der Waals surface area (Å²) in [5.41, 5.74) is 1.01. The maximum atomic E-state index is 13.6. The summed E-state index contributed by atoms with van der Waals surface area (Å²) in [6.07, 6.45) is 5.78. The summed E-state index contributed by atoms with van der Waals surface area (Å²) < 4.78 is 15.7. The van der Waals surface area contributed by atoms with Gasteiger partial charge in [0, 0.05) is 18.1 Å². The minimum atomic E-state index is -0.120. The molecule has 0 amide bonds. The molecule has 3 heteroatoms. The summed E-state index contributed by atoms with van der Waals surface area (Å²) in [5, 5.41) is 4.18. The van der Waals surface area contributed by atoms with Crippen LogP contribution in [0.3, 0.4) is 0 Å². The van der Waals surface area contributed by atoms with Gasteiger partial charge in [-0.1, -0.05) is 6.07 Å². The van der Waals surface area contributed by atoms with E-state index in [2.05, 4.69) is 9.88 Å². The van der Waals surface area contributed by atoms with Gasteiger partial charge in [-0.05, 0) is 56.5 Å². The first kappa shape index (κ1) is 11.7. The third-order valence-corrected chi connectivity index (χ3v) is 3.94. The van der Waals surface area contributed by atoms with Gasteiger partial charge in [0.15, 0.2) is 0 Å². The number of hydrogen-bond donors (Lipinski definition) is 1. The molecule has 1 unspecified atom stereocenters. The van der Waals surface area contributed by atoms with Crippen molar-refractivity contribution < 1.29 is 4.39 Å². The second-order valence-corrected chi connectivity index (χ2v) is 5.18. The molecule has 0 spiro atoms. The maximum absolute atomic E-state index is 13.6.